The van der Waals surface area contributed by atoms with Crippen LogP contribution in [0.2, 0.25) is 0 Å². The second-order valence-electron chi connectivity index (χ2n) is 8.66. The smallest absolute Gasteiger partial charge is 0.313 e. The number of carbonyl (C=O) groups is 2. The second-order valence-corrected chi connectivity index (χ2v) is 8.66. The molecule has 9 heteroatoms. The van der Waals surface area contributed by atoms with E-state index in [0.29, 0.717) is 17.2 Å². The average Bonchev–Trinajstić information content (AvgIpc) is 3.39. The molecule has 2 N–H and O–H groups in total. The van der Waals surface area contributed by atoms with Crippen LogP contribution in [0, 0.1) is 5.82 Å². The Hall–Kier alpha value is -4.11. The van der Waals surface area contributed by atoms with Crippen molar-refractivity contribution in [1.29, 1.82) is 0 Å². The molecule has 5 rings (SSSR count). The fraction of sp³-hybridized carbons (Fsp3) is 0.259. The molecule has 0 aliphatic carbocycles. The van der Waals surface area contributed by atoms with Crippen LogP contribution in [-0.2, 0) is 9.59 Å². The topological polar surface area (TPSA) is 83.1 Å². The van der Waals surface area contributed by atoms with E-state index in [1.165, 1.54) is 30.0 Å². The molecule has 2 heterocycles. The largest absolute Gasteiger partial charge is 0.454 e. The number of para-hydroxylation sites is 1. The number of benzene rings is 3. The van der Waals surface area contributed by atoms with Crippen LogP contribution >= 0.6 is 0 Å². The molecule has 1 saturated heterocycles. The molecule has 0 spiro atoms. The van der Waals surface area contributed by atoms with Gasteiger partial charge in [-0.05, 0) is 54.1 Å². The molecule has 1 unspecified atom stereocenters. The first-order valence-electron chi connectivity index (χ1n) is 11.9. The molecular weight excluding hydrogens is 463 g/mol. The molecule has 2 aliphatic rings. The Morgan fingerprint density at radius 2 is 1.58 bits per heavy atom. The zero-order valence-corrected chi connectivity index (χ0v) is 19.7. The summed E-state index contributed by atoms with van der Waals surface area (Å²) in [6.45, 7) is 3.66. The van der Waals surface area contributed by atoms with E-state index >= 15 is 0 Å². The summed E-state index contributed by atoms with van der Waals surface area (Å²) in [4.78, 5) is 29.6. The standard InChI is InChI=1S/C27H27FN4O4/c28-20-7-9-21(10-8-20)30-27(34)26(33)29-17-23(19-6-11-24-25(16-19)36-18-35-24)32-14-12-31(13-15-32)22-4-2-1-3-5-22/h1-11,16,23H,12-15,17-18H2,(H,29,33)(H,30,34). The van der Waals surface area contributed by atoms with Gasteiger partial charge in [-0.2, -0.15) is 0 Å². The van der Waals surface area contributed by atoms with Crippen LogP contribution in [0.3, 0.4) is 0 Å². The zero-order valence-electron chi connectivity index (χ0n) is 19.7. The first-order valence-corrected chi connectivity index (χ1v) is 11.9. The Bertz CT molecular complexity index is 1210. The van der Waals surface area contributed by atoms with Crippen LogP contribution < -0.4 is 25.0 Å². The summed E-state index contributed by atoms with van der Waals surface area (Å²) in [7, 11) is 0. The third-order valence-corrected chi connectivity index (χ3v) is 6.42. The predicted molar refractivity (Wildman–Crippen MR) is 134 cm³/mol. The molecule has 3 aromatic carbocycles. The van der Waals surface area contributed by atoms with Crippen LogP contribution in [0.1, 0.15) is 11.6 Å². The highest BCUT2D eigenvalue weighted by Crippen LogP contribution is 2.35. The lowest BCUT2D eigenvalue weighted by molar-refractivity contribution is -0.136. The highest BCUT2D eigenvalue weighted by Gasteiger charge is 2.28. The number of ether oxygens (including phenoxy) is 2. The van der Waals surface area contributed by atoms with Gasteiger partial charge >= 0.3 is 11.8 Å². The lowest BCUT2D eigenvalue weighted by Crippen LogP contribution is -2.50. The highest BCUT2D eigenvalue weighted by atomic mass is 19.1. The summed E-state index contributed by atoms with van der Waals surface area (Å²) < 4.78 is 24.1. The van der Waals surface area contributed by atoms with E-state index in [-0.39, 0.29) is 19.4 Å². The maximum absolute atomic E-state index is 13.1. The van der Waals surface area contributed by atoms with E-state index in [1.807, 2.05) is 36.4 Å². The van der Waals surface area contributed by atoms with E-state index in [2.05, 4.69) is 32.6 Å². The minimum absolute atomic E-state index is 0.167. The van der Waals surface area contributed by atoms with Crippen LogP contribution in [-0.4, -0.2) is 56.2 Å². The normalized spacial score (nSPS) is 15.9. The van der Waals surface area contributed by atoms with Gasteiger partial charge in [0.2, 0.25) is 6.79 Å². The van der Waals surface area contributed by atoms with Gasteiger partial charge in [-0.1, -0.05) is 24.3 Å². The highest BCUT2D eigenvalue weighted by molar-refractivity contribution is 6.39. The molecule has 3 aromatic rings. The van der Waals surface area contributed by atoms with Gasteiger partial charge in [0.15, 0.2) is 11.5 Å². The Labute approximate surface area is 208 Å². The molecular formula is C27H27FN4O4. The quantitative estimate of drug-likeness (QED) is 0.517. The van der Waals surface area contributed by atoms with Crippen molar-refractivity contribution >= 4 is 23.2 Å². The van der Waals surface area contributed by atoms with E-state index in [0.717, 1.165) is 31.7 Å². The number of amides is 2. The van der Waals surface area contributed by atoms with Crippen LogP contribution in [0.15, 0.2) is 72.8 Å². The van der Waals surface area contributed by atoms with Crippen LogP contribution in [0.25, 0.3) is 0 Å². The molecule has 2 amide bonds. The van der Waals surface area contributed by atoms with Crippen molar-refractivity contribution < 1.29 is 23.5 Å². The van der Waals surface area contributed by atoms with Crippen molar-refractivity contribution in [3.05, 3.63) is 84.2 Å². The van der Waals surface area contributed by atoms with Gasteiger partial charge < -0.3 is 25.0 Å². The van der Waals surface area contributed by atoms with E-state index in [9.17, 15) is 14.0 Å². The fourth-order valence-corrected chi connectivity index (χ4v) is 4.50. The molecule has 186 valence electrons. The maximum Gasteiger partial charge on any atom is 0.313 e. The van der Waals surface area contributed by atoms with E-state index in [4.69, 9.17) is 9.47 Å². The van der Waals surface area contributed by atoms with Crippen molar-refractivity contribution in [2.45, 2.75) is 6.04 Å². The SMILES string of the molecule is O=C(NCC(c1ccc2c(c1)OCO2)N1CCN(c2ccccc2)CC1)C(=O)Nc1ccc(F)cc1. The molecule has 8 nitrogen and oxygen atoms in total. The first kappa shape index (κ1) is 23.6. The van der Waals surface area contributed by atoms with Crippen molar-refractivity contribution in [2.24, 2.45) is 0 Å². The Morgan fingerprint density at radius 1 is 0.861 bits per heavy atom. The number of piperazine rings is 1. The van der Waals surface area contributed by atoms with Crippen molar-refractivity contribution in [1.82, 2.24) is 10.2 Å². The van der Waals surface area contributed by atoms with Crippen molar-refractivity contribution in [2.75, 3.05) is 49.7 Å². The molecule has 1 fully saturated rings. The van der Waals surface area contributed by atoms with Gasteiger partial charge in [0.05, 0.1) is 6.04 Å². The summed E-state index contributed by atoms with van der Waals surface area (Å²) in [5.41, 5.74) is 2.50. The number of hydrogen-bond donors (Lipinski definition) is 2. The summed E-state index contributed by atoms with van der Waals surface area (Å²) in [5.74, 6) is -0.626. The number of nitrogens with zero attached hydrogens (tertiary/aromatic N) is 2. The van der Waals surface area contributed by atoms with Gasteiger partial charge in [0.25, 0.3) is 0 Å². The number of anilines is 2. The molecule has 1 atom stereocenters. The van der Waals surface area contributed by atoms with E-state index < -0.39 is 17.6 Å². The summed E-state index contributed by atoms with van der Waals surface area (Å²) in [6.07, 6.45) is 0. The molecule has 2 aliphatic heterocycles. The molecule has 0 radical (unpaired) electrons. The fourth-order valence-electron chi connectivity index (χ4n) is 4.50. The molecule has 0 saturated carbocycles. The first-order chi connectivity index (χ1) is 17.6. The summed E-state index contributed by atoms with van der Waals surface area (Å²) in [5, 5.41) is 5.26. The van der Waals surface area contributed by atoms with Gasteiger partial charge in [0.1, 0.15) is 5.82 Å². The Balaban J connectivity index is 1.27. The van der Waals surface area contributed by atoms with Gasteiger partial charge in [-0.3, -0.25) is 14.5 Å². The number of fused-ring (bicyclic) bond motifs is 1. The van der Waals surface area contributed by atoms with Gasteiger partial charge in [-0.15, -0.1) is 0 Å². The monoisotopic (exact) mass is 490 g/mol. The molecule has 36 heavy (non-hydrogen) atoms. The zero-order chi connectivity index (χ0) is 24.9. The summed E-state index contributed by atoms with van der Waals surface area (Å²) in [6, 6.07) is 21.1. The summed E-state index contributed by atoms with van der Waals surface area (Å²) >= 11 is 0. The number of halogens is 1. The minimum atomic E-state index is -0.806. The van der Waals surface area contributed by atoms with Gasteiger partial charge in [-0.25, -0.2) is 4.39 Å². The Morgan fingerprint density at radius 3 is 2.33 bits per heavy atom. The Kier molecular flexibility index (Phi) is 6.99. The second kappa shape index (κ2) is 10.7. The number of carbonyl (C=O) groups excluding carboxylic acids is 2. The number of rotatable bonds is 6. The maximum atomic E-state index is 13.1. The van der Waals surface area contributed by atoms with E-state index in [1.54, 1.807) is 0 Å². The number of hydrogen-bond acceptors (Lipinski definition) is 6. The lowest BCUT2D eigenvalue weighted by atomic mass is 10.0. The average molecular weight is 491 g/mol. The third kappa shape index (κ3) is 5.41. The number of nitrogens with one attached hydrogen (secondary N) is 2. The van der Waals surface area contributed by atoms with Crippen molar-refractivity contribution in [3.8, 4) is 11.5 Å². The predicted octanol–water partition coefficient (Wildman–Crippen LogP) is 3.17. The molecule has 0 aromatic heterocycles. The van der Waals surface area contributed by atoms with Crippen molar-refractivity contribution in [3.63, 3.8) is 0 Å². The molecule has 0 bridgehead atoms. The third-order valence-electron chi connectivity index (χ3n) is 6.42. The van der Waals surface area contributed by atoms with Crippen LogP contribution in [0.5, 0.6) is 11.5 Å². The van der Waals surface area contributed by atoms with Crippen LogP contribution in [0.4, 0.5) is 15.8 Å². The minimum Gasteiger partial charge on any atom is -0.454 e. The van der Waals surface area contributed by atoms with Gasteiger partial charge in [0, 0.05) is 44.1 Å². The lowest BCUT2D eigenvalue weighted by Gasteiger charge is -2.40.